The van der Waals surface area contributed by atoms with Gasteiger partial charge in [0.1, 0.15) is 0 Å². The van der Waals surface area contributed by atoms with Gasteiger partial charge in [-0.2, -0.15) is 0 Å². The predicted octanol–water partition coefficient (Wildman–Crippen LogP) is 3.80. The van der Waals surface area contributed by atoms with E-state index in [1.54, 1.807) is 30.0 Å². The predicted molar refractivity (Wildman–Crippen MR) is 86.5 cm³/mol. The summed E-state index contributed by atoms with van der Waals surface area (Å²) in [7, 11) is 1.47. The molecule has 1 atom stereocenters. The van der Waals surface area contributed by atoms with E-state index in [0.29, 0.717) is 12.0 Å². The maximum Gasteiger partial charge on any atom is 0.168 e. The zero-order valence-electron chi connectivity index (χ0n) is 12.3. The lowest BCUT2D eigenvalue weighted by molar-refractivity contribution is 0.383. The summed E-state index contributed by atoms with van der Waals surface area (Å²) in [5.74, 6) is 0.710. The molecule has 2 N–H and O–H groups in total. The highest BCUT2D eigenvalue weighted by molar-refractivity contribution is 7.99. The van der Waals surface area contributed by atoms with Gasteiger partial charge < -0.3 is 10.5 Å². The number of aryl methyl sites for hydroxylation is 1. The summed E-state index contributed by atoms with van der Waals surface area (Å²) in [6.45, 7) is 2.07. The fourth-order valence-electron chi connectivity index (χ4n) is 2.12. The standard InChI is InChI=1S/C17H20FNOS/c1-12-5-3-7-15(9-12)21-11-14(19)10-13-6-4-8-16(20-2)17(13)18/h3-9,14H,10-11,19H2,1-2H3. The average Bonchev–Trinajstić information content (AvgIpc) is 2.47. The first-order chi connectivity index (χ1) is 10.1. The number of ether oxygens (including phenoxy) is 1. The number of hydrogen-bond donors (Lipinski definition) is 1. The summed E-state index contributed by atoms with van der Waals surface area (Å²) in [6, 6.07) is 13.4. The van der Waals surface area contributed by atoms with Gasteiger partial charge in [-0.25, -0.2) is 4.39 Å². The third-order valence-electron chi connectivity index (χ3n) is 3.20. The number of methoxy groups -OCH3 is 1. The van der Waals surface area contributed by atoms with E-state index in [9.17, 15) is 4.39 Å². The zero-order valence-corrected chi connectivity index (χ0v) is 13.1. The second-order valence-corrected chi connectivity index (χ2v) is 6.12. The van der Waals surface area contributed by atoms with Crippen molar-refractivity contribution < 1.29 is 9.13 Å². The van der Waals surface area contributed by atoms with Crippen LogP contribution in [0.15, 0.2) is 47.4 Å². The molecule has 0 heterocycles. The van der Waals surface area contributed by atoms with Crippen molar-refractivity contribution in [3.05, 3.63) is 59.4 Å². The normalized spacial score (nSPS) is 12.2. The van der Waals surface area contributed by atoms with Gasteiger partial charge in [0.2, 0.25) is 0 Å². The van der Waals surface area contributed by atoms with Crippen molar-refractivity contribution in [2.75, 3.05) is 12.9 Å². The van der Waals surface area contributed by atoms with E-state index in [-0.39, 0.29) is 17.6 Å². The number of hydrogen-bond acceptors (Lipinski definition) is 3. The van der Waals surface area contributed by atoms with Gasteiger partial charge in [0.05, 0.1) is 7.11 Å². The van der Waals surface area contributed by atoms with Crippen molar-refractivity contribution in [2.24, 2.45) is 5.73 Å². The molecule has 0 bridgehead atoms. The van der Waals surface area contributed by atoms with Gasteiger partial charge in [-0.1, -0.05) is 29.8 Å². The molecule has 2 rings (SSSR count). The third-order valence-corrected chi connectivity index (χ3v) is 4.38. The summed E-state index contributed by atoms with van der Waals surface area (Å²) in [5.41, 5.74) is 7.96. The zero-order chi connectivity index (χ0) is 15.2. The van der Waals surface area contributed by atoms with Crippen molar-refractivity contribution >= 4 is 11.8 Å². The van der Waals surface area contributed by atoms with E-state index in [2.05, 4.69) is 25.1 Å². The van der Waals surface area contributed by atoms with Crippen LogP contribution in [0.2, 0.25) is 0 Å². The summed E-state index contributed by atoms with van der Waals surface area (Å²) in [4.78, 5) is 1.19. The van der Waals surface area contributed by atoms with Crippen molar-refractivity contribution in [1.82, 2.24) is 0 Å². The lowest BCUT2D eigenvalue weighted by Gasteiger charge is -2.13. The lowest BCUT2D eigenvalue weighted by Crippen LogP contribution is -2.26. The van der Waals surface area contributed by atoms with Crippen LogP contribution in [0.5, 0.6) is 5.75 Å². The van der Waals surface area contributed by atoms with Crippen molar-refractivity contribution in [3.8, 4) is 5.75 Å². The Hall–Kier alpha value is -1.52. The van der Waals surface area contributed by atoms with Crippen LogP contribution in [0.3, 0.4) is 0 Å². The average molecular weight is 305 g/mol. The smallest absolute Gasteiger partial charge is 0.168 e. The molecule has 1 unspecified atom stereocenters. The minimum absolute atomic E-state index is 0.0999. The molecule has 4 heteroatoms. The fourth-order valence-corrected chi connectivity index (χ4v) is 3.09. The number of rotatable bonds is 6. The van der Waals surface area contributed by atoms with E-state index in [1.807, 2.05) is 6.07 Å². The highest BCUT2D eigenvalue weighted by Gasteiger charge is 2.12. The minimum Gasteiger partial charge on any atom is -0.494 e. The van der Waals surface area contributed by atoms with Crippen LogP contribution in [-0.2, 0) is 6.42 Å². The Morgan fingerprint density at radius 1 is 1.24 bits per heavy atom. The molecule has 2 aromatic carbocycles. The molecule has 0 saturated heterocycles. The molecule has 112 valence electrons. The van der Waals surface area contributed by atoms with Gasteiger partial charge in [-0.15, -0.1) is 11.8 Å². The van der Waals surface area contributed by atoms with Crippen molar-refractivity contribution in [1.29, 1.82) is 0 Å². The van der Waals surface area contributed by atoms with Crippen molar-refractivity contribution in [3.63, 3.8) is 0 Å². The largest absolute Gasteiger partial charge is 0.494 e. The lowest BCUT2D eigenvalue weighted by atomic mass is 10.1. The number of benzene rings is 2. The highest BCUT2D eigenvalue weighted by Crippen LogP contribution is 2.23. The molecular formula is C17H20FNOS. The first-order valence-electron chi connectivity index (χ1n) is 6.86. The topological polar surface area (TPSA) is 35.2 Å². The van der Waals surface area contributed by atoms with Crippen LogP contribution in [0.4, 0.5) is 4.39 Å². The second-order valence-electron chi connectivity index (χ2n) is 5.03. The fraction of sp³-hybridized carbons (Fsp3) is 0.294. The molecule has 0 aromatic heterocycles. The molecule has 0 aliphatic rings. The van der Waals surface area contributed by atoms with Gasteiger partial charge in [0.25, 0.3) is 0 Å². The van der Waals surface area contributed by atoms with E-state index in [4.69, 9.17) is 10.5 Å². The Morgan fingerprint density at radius 2 is 2.00 bits per heavy atom. The Balaban J connectivity index is 1.94. The van der Waals surface area contributed by atoms with Crippen LogP contribution in [0.1, 0.15) is 11.1 Å². The Kier molecular flexibility index (Phi) is 5.65. The quantitative estimate of drug-likeness (QED) is 0.824. The molecule has 21 heavy (non-hydrogen) atoms. The summed E-state index contributed by atoms with van der Waals surface area (Å²) >= 11 is 1.70. The monoisotopic (exact) mass is 305 g/mol. The van der Waals surface area contributed by atoms with Crippen LogP contribution in [0.25, 0.3) is 0 Å². The summed E-state index contributed by atoms with van der Waals surface area (Å²) in [6.07, 6.45) is 0.502. The van der Waals surface area contributed by atoms with Gasteiger partial charge in [0, 0.05) is 16.7 Å². The van der Waals surface area contributed by atoms with E-state index in [1.165, 1.54) is 17.6 Å². The number of thioether (sulfide) groups is 1. The van der Waals surface area contributed by atoms with E-state index in [0.717, 1.165) is 5.75 Å². The van der Waals surface area contributed by atoms with Crippen molar-refractivity contribution in [2.45, 2.75) is 24.3 Å². The molecule has 0 aliphatic carbocycles. The number of halogens is 1. The van der Waals surface area contributed by atoms with Crippen LogP contribution < -0.4 is 10.5 Å². The summed E-state index contributed by atoms with van der Waals surface area (Å²) in [5, 5.41) is 0. The number of nitrogens with two attached hydrogens (primary N) is 1. The highest BCUT2D eigenvalue weighted by atomic mass is 32.2. The molecule has 0 amide bonds. The Labute approximate surface area is 129 Å². The van der Waals surface area contributed by atoms with Crippen LogP contribution in [-0.4, -0.2) is 18.9 Å². The second kappa shape index (κ2) is 7.48. The first-order valence-corrected chi connectivity index (χ1v) is 7.85. The summed E-state index contributed by atoms with van der Waals surface area (Å²) < 4.78 is 19.1. The molecule has 0 spiro atoms. The van der Waals surface area contributed by atoms with Crippen LogP contribution >= 0.6 is 11.8 Å². The van der Waals surface area contributed by atoms with E-state index < -0.39 is 0 Å². The molecule has 0 saturated carbocycles. The molecule has 0 fully saturated rings. The van der Waals surface area contributed by atoms with Gasteiger partial charge in [0.15, 0.2) is 11.6 Å². The molecule has 2 nitrogen and oxygen atoms in total. The SMILES string of the molecule is COc1cccc(CC(N)CSc2cccc(C)c2)c1F. The maximum atomic E-state index is 14.1. The van der Waals surface area contributed by atoms with Crippen LogP contribution in [0, 0.1) is 12.7 Å². The Morgan fingerprint density at radius 3 is 2.71 bits per heavy atom. The first kappa shape index (κ1) is 15.9. The molecular weight excluding hydrogens is 285 g/mol. The minimum atomic E-state index is -0.309. The van der Waals surface area contributed by atoms with E-state index >= 15 is 0 Å². The van der Waals surface area contributed by atoms with Gasteiger partial charge in [-0.05, 0) is 37.1 Å². The van der Waals surface area contributed by atoms with Gasteiger partial charge >= 0.3 is 0 Å². The third kappa shape index (κ3) is 4.48. The maximum absolute atomic E-state index is 14.1. The molecule has 0 aliphatic heterocycles. The van der Waals surface area contributed by atoms with Gasteiger partial charge in [-0.3, -0.25) is 0 Å². The molecule has 2 aromatic rings. The molecule has 0 radical (unpaired) electrons. The Bertz CT molecular complexity index is 603.